The van der Waals surface area contributed by atoms with E-state index < -0.39 is 0 Å². The Kier molecular flexibility index (Phi) is 5.60. The molecule has 0 saturated carbocycles. The standard InChI is InChI=1S/C14H29N3O/c1-12(2)6-9-16(5)13(18)14(3,4)17-10-7-15-8-11-17/h12,15H,6-11H2,1-5H3. The summed E-state index contributed by atoms with van der Waals surface area (Å²) in [5.41, 5.74) is -0.381. The van der Waals surface area contributed by atoms with Gasteiger partial charge in [0.1, 0.15) is 0 Å². The van der Waals surface area contributed by atoms with E-state index in [1.165, 1.54) is 0 Å². The molecule has 0 aromatic rings. The Morgan fingerprint density at radius 1 is 1.33 bits per heavy atom. The highest BCUT2D eigenvalue weighted by Crippen LogP contribution is 2.18. The van der Waals surface area contributed by atoms with Crippen LogP contribution in [0.1, 0.15) is 34.1 Å². The Balaban J connectivity index is 2.56. The van der Waals surface area contributed by atoms with E-state index in [0.717, 1.165) is 39.1 Å². The molecule has 0 unspecified atom stereocenters. The number of hydrogen-bond donors (Lipinski definition) is 1. The number of amides is 1. The van der Waals surface area contributed by atoms with Crippen molar-refractivity contribution in [2.75, 3.05) is 39.8 Å². The fourth-order valence-electron chi connectivity index (χ4n) is 2.38. The molecule has 1 heterocycles. The van der Waals surface area contributed by atoms with Gasteiger partial charge in [0.15, 0.2) is 0 Å². The maximum Gasteiger partial charge on any atom is 0.242 e. The van der Waals surface area contributed by atoms with E-state index in [-0.39, 0.29) is 11.4 Å². The maximum absolute atomic E-state index is 12.5. The lowest BCUT2D eigenvalue weighted by Gasteiger charge is -2.41. The normalized spacial score (nSPS) is 18.1. The minimum Gasteiger partial charge on any atom is -0.344 e. The van der Waals surface area contributed by atoms with Gasteiger partial charge in [-0.2, -0.15) is 0 Å². The summed E-state index contributed by atoms with van der Waals surface area (Å²) < 4.78 is 0. The molecule has 106 valence electrons. The first-order valence-electron chi connectivity index (χ1n) is 7.07. The van der Waals surface area contributed by atoms with Crippen molar-refractivity contribution in [3.63, 3.8) is 0 Å². The van der Waals surface area contributed by atoms with Crippen molar-refractivity contribution in [3.8, 4) is 0 Å². The van der Waals surface area contributed by atoms with Crippen LogP contribution in [0.25, 0.3) is 0 Å². The molecule has 4 heteroatoms. The van der Waals surface area contributed by atoms with Gasteiger partial charge >= 0.3 is 0 Å². The summed E-state index contributed by atoms with van der Waals surface area (Å²) in [4.78, 5) is 16.7. The van der Waals surface area contributed by atoms with Crippen molar-refractivity contribution in [2.45, 2.75) is 39.7 Å². The molecule has 1 aliphatic heterocycles. The topological polar surface area (TPSA) is 35.6 Å². The lowest BCUT2D eigenvalue weighted by Crippen LogP contribution is -2.60. The van der Waals surface area contributed by atoms with Gasteiger partial charge in [0.05, 0.1) is 5.54 Å². The number of nitrogens with zero attached hydrogens (tertiary/aromatic N) is 2. The third-order valence-electron chi connectivity index (χ3n) is 3.82. The zero-order chi connectivity index (χ0) is 13.8. The number of likely N-dealkylation sites (N-methyl/N-ethyl adjacent to an activating group) is 1. The first-order valence-corrected chi connectivity index (χ1v) is 7.07. The average molecular weight is 255 g/mol. The van der Waals surface area contributed by atoms with Crippen LogP contribution in [0.15, 0.2) is 0 Å². The van der Waals surface area contributed by atoms with Crippen LogP contribution in [0.3, 0.4) is 0 Å². The van der Waals surface area contributed by atoms with E-state index >= 15 is 0 Å². The molecule has 4 nitrogen and oxygen atoms in total. The van der Waals surface area contributed by atoms with E-state index in [9.17, 15) is 4.79 Å². The molecule has 1 rings (SSSR count). The van der Waals surface area contributed by atoms with Crippen LogP contribution >= 0.6 is 0 Å². The van der Waals surface area contributed by atoms with Crippen LogP contribution in [0.5, 0.6) is 0 Å². The molecule has 0 radical (unpaired) electrons. The van der Waals surface area contributed by atoms with Gasteiger partial charge in [-0.25, -0.2) is 0 Å². The molecule has 1 fully saturated rings. The minimum absolute atomic E-state index is 0.241. The van der Waals surface area contributed by atoms with Crippen molar-refractivity contribution in [1.29, 1.82) is 0 Å². The summed E-state index contributed by atoms with van der Waals surface area (Å²) in [7, 11) is 1.93. The third kappa shape index (κ3) is 3.95. The second-order valence-corrected chi connectivity index (χ2v) is 6.21. The first kappa shape index (κ1) is 15.4. The summed E-state index contributed by atoms with van der Waals surface area (Å²) in [6.45, 7) is 13.2. The van der Waals surface area contributed by atoms with E-state index in [1.54, 1.807) is 0 Å². The third-order valence-corrected chi connectivity index (χ3v) is 3.82. The van der Waals surface area contributed by atoms with E-state index in [1.807, 2.05) is 25.8 Å². The molecular weight excluding hydrogens is 226 g/mol. The van der Waals surface area contributed by atoms with Crippen molar-refractivity contribution in [2.24, 2.45) is 5.92 Å². The molecule has 0 aliphatic carbocycles. The molecule has 0 bridgehead atoms. The Morgan fingerprint density at radius 3 is 2.39 bits per heavy atom. The van der Waals surface area contributed by atoms with Crippen molar-refractivity contribution >= 4 is 5.91 Å². The van der Waals surface area contributed by atoms with Crippen LogP contribution in [-0.2, 0) is 4.79 Å². The lowest BCUT2D eigenvalue weighted by atomic mass is 9.99. The highest BCUT2D eigenvalue weighted by Gasteiger charge is 2.36. The summed E-state index contributed by atoms with van der Waals surface area (Å²) in [6, 6.07) is 0. The highest BCUT2D eigenvalue weighted by atomic mass is 16.2. The first-order chi connectivity index (χ1) is 8.35. The predicted octanol–water partition coefficient (Wildman–Crippen LogP) is 1.17. The van der Waals surface area contributed by atoms with Crippen molar-refractivity contribution < 1.29 is 4.79 Å². The van der Waals surface area contributed by atoms with Gasteiger partial charge in [0.2, 0.25) is 5.91 Å². The van der Waals surface area contributed by atoms with Gasteiger partial charge in [-0.05, 0) is 26.2 Å². The molecule has 1 N–H and O–H groups in total. The van der Waals surface area contributed by atoms with Crippen LogP contribution in [0.2, 0.25) is 0 Å². The summed E-state index contributed by atoms with van der Waals surface area (Å²) in [5.74, 6) is 0.882. The molecule has 18 heavy (non-hydrogen) atoms. The zero-order valence-corrected chi connectivity index (χ0v) is 12.6. The van der Waals surface area contributed by atoms with Crippen LogP contribution < -0.4 is 5.32 Å². The number of carbonyl (C=O) groups excluding carboxylic acids is 1. The largest absolute Gasteiger partial charge is 0.344 e. The monoisotopic (exact) mass is 255 g/mol. The zero-order valence-electron chi connectivity index (χ0n) is 12.6. The maximum atomic E-state index is 12.5. The van der Waals surface area contributed by atoms with Gasteiger partial charge in [-0.3, -0.25) is 9.69 Å². The predicted molar refractivity (Wildman–Crippen MR) is 75.6 cm³/mol. The van der Waals surface area contributed by atoms with Gasteiger partial charge in [-0.1, -0.05) is 13.8 Å². The number of piperazine rings is 1. The van der Waals surface area contributed by atoms with E-state index in [4.69, 9.17) is 0 Å². The SMILES string of the molecule is CC(C)CCN(C)C(=O)C(C)(C)N1CCNCC1. The van der Waals surface area contributed by atoms with Crippen LogP contribution in [-0.4, -0.2) is 61.0 Å². The highest BCUT2D eigenvalue weighted by molar-refractivity contribution is 5.85. The fourth-order valence-corrected chi connectivity index (χ4v) is 2.38. The Bertz CT molecular complexity index is 270. The molecule has 1 amide bonds. The minimum atomic E-state index is -0.381. The molecule has 0 atom stereocenters. The van der Waals surface area contributed by atoms with Crippen molar-refractivity contribution in [1.82, 2.24) is 15.1 Å². The quantitative estimate of drug-likeness (QED) is 0.801. The molecule has 0 aromatic heterocycles. The van der Waals surface area contributed by atoms with Crippen LogP contribution in [0, 0.1) is 5.92 Å². The smallest absolute Gasteiger partial charge is 0.242 e. The molecule has 1 aliphatic rings. The Labute approximate surface area is 112 Å². The average Bonchev–Trinajstić information content (AvgIpc) is 2.36. The number of nitrogens with one attached hydrogen (secondary N) is 1. The van der Waals surface area contributed by atoms with Gasteiger partial charge < -0.3 is 10.2 Å². The lowest BCUT2D eigenvalue weighted by molar-refractivity contribution is -0.141. The molecule has 0 spiro atoms. The summed E-state index contributed by atoms with van der Waals surface area (Å²) in [5, 5.41) is 3.33. The number of rotatable bonds is 5. The fraction of sp³-hybridized carbons (Fsp3) is 0.929. The second-order valence-electron chi connectivity index (χ2n) is 6.21. The number of hydrogen-bond acceptors (Lipinski definition) is 3. The van der Waals surface area contributed by atoms with E-state index in [2.05, 4.69) is 24.1 Å². The van der Waals surface area contributed by atoms with Gasteiger partial charge in [0.25, 0.3) is 0 Å². The van der Waals surface area contributed by atoms with Crippen molar-refractivity contribution in [3.05, 3.63) is 0 Å². The summed E-state index contributed by atoms with van der Waals surface area (Å²) >= 11 is 0. The second kappa shape index (κ2) is 6.53. The van der Waals surface area contributed by atoms with E-state index in [0.29, 0.717) is 5.92 Å². The van der Waals surface area contributed by atoms with Gasteiger partial charge in [0, 0.05) is 39.8 Å². The molecular formula is C14H29N3O. The summed E-state index contributed by atoms with van der Waals surface area (Å²) in [6.07, 6.45) is 1.07. The van der Waals surface area contributed by atoms with Crippen LogP contribution in [0.4, 0.5) is 0 Å². The Morgan fingerprint density at radius 2 is 1.89 bits per heavy atom. The van der Waals surface area contributed by atoms with Gasteiger partial charge in [-0.15, -0.1) is 0 Å². The number of carbonyl (C=O) groups is 1. The Hall–Kier alpha value is -0.610. The molecule has 1 saturated heterocycles. The molecule has 0 aromatic carbocycles.